The van der Waals surface area contributed by atoms with E-state index in [2.05, 4.69) is 25.9 Å². The summed E-state index contributed by atoms with van der Waals surface area (Å²) in [6.07, 6.45) is 3.29. The molecule has 42 heavy (non-hydrogen) atoms. The van der Waals surface area contributed by atoms with Crippen molar-refractivity contribution in [3.63, 3.8) is 0 Å². The number of carbonyl (C=O) groups is 5. The molecule has 1 aromatic heterocycles. The third-order valence-corrected chi connectivity index (χ3v) is 6.92. The van der Waals surface area contributed by atoms with Crippen molar-refractivity contribution in [3.05, 3.63) is 36.0 Å². The molecule has 0 fully saturated rings. The van der Waals surface area contributed by atoms with E-state index >= 15 is 0 Å². The maximum Gasteiger partial charge on any atom is 0.326 e. The van der Waals surface area contributed by atoms with Gasteiger partial charge in [0.1, 0.15) is 18.1 Å². The molecule has 1 heterocycles. The van der Waals surface area contributed by atoms with Crippen LogP contribution in [0.25, 0.3) is 10.9 Å². The summed E-state index contributed by atoms with van der Waals surface area (Å²) >= 11 is 1.41. The second kappa shape index (κ2) is 16.8. The highest BCUT2D eigenvalue weighted by Gasteiger charge is 2.32. The average molecular weight is 607 g/mol. The number of amides is 3. The van der Waals surface area contributed by atoms with Gasteiger partial charge in [-0.1, -0.05) is 18.2 Å². The highest BCUT2D eigenvalue weighted by Crippen LogP contribution is 2.19. The number of guanidine groups is 1. The molecule has 0 aliphatic heterocycles. The molecule has 2 rings (SSSR count). The summed E-state index contributed by atoms with van der Waals surface area (Å²) in [5.74, 6) is -4.77. The number of aromatic nitrogens is 1. The van der Waals surface area contributed by atoms with E-state index in [1.807, 2.05) is 18.2 Å². The number of aromatic amines is 1. The predicted octanol–water partition coefficient (Wildman–Crippen LogP) is -1.14. The van der Waals surface area contributed by atoms with Gasteiger partial charge in [0.15, 0.2) is 5.96 Å². The first-order valence-electron chi connectivity index (χ1n) is 13.1. The number of benzene rings is 1. The van der Waals surface area contributed by atoms with Gasteiger partial charge in [0.2, 0.25) is 17.7 Å². The van der Waals surface area contributed by atoms with Crippen LogP contribution in [0.1, 0.15) is 31.2 Å². The van der Waals surface area contributed by atoms with Gasteiger partial charge in [-0.3, -0.25) is 24.2 Å². The van der Waals surface area contributed by atoms with E-state index in [0.717, 1.165) is 10.9 Å². The van der Waals surface area contributed by atoms with Gasteiger partial charge >= 0.3 is 11.9 Å². The minimum absolute atomic E-state index is 0.0471. The lowest BCUT2D eigenvalue weighted by atomic mass is 10.0. The number of nitrogens with zero attached hydrogens (tertiary/aromatic N) is 1. The van der Waals surface area contributed by atoms with Crippen LogP contribution in [-0.2, 0) is 30.4 Å². The van der Waals surface area contributed by atoms with E-state index in [1.54, 1.807) is 18.5 Å². The van der Waals surface area contributed by atoms with E-state index in [4.69, 9.17) is 17.2 Å². The number of nitrogens with one attached hydrogen (secondary N) is 4. The first kappa shape index (κ1) is 33.9. The number of para-hydroxylation sites is 1. The van der Waals surface area contributed by atoms with Crippen LogP contribution >= 0.6 is 11.8 Å². The highest BCUT2D eigenvalue weighted by atomic mass is 32.2. The lowest BCUT2D eigenvalue weighted by Crippen LogP contribution is -2.58. The van der Waals surface area contributed by atoms with Crippen LogP contribution in [0.15, 0.2) is 35.5 Å². The SMILES string of the molecule is CSCCC(NC(=O)C(Cc1c[nH]c2ccccc12)NC(=O)C(CC(=O)O)NC(=O)C(N)CCCN=C(N)N)C(=O)O. The molecule has 4 unspecified atom stereocenters. The Morgan fingerprint density at radius 1 is 0.952 bits per heavy atom. The molecule has 0 spiro atoms. The van der Waals surface area contributed by atoms with Crippen molar-refractivity contribution in [2.24, 2.45) is 22.2 Å². The summed E-state index contributed by atoms with van der Waals surface area (Å²) in [5.41, 5.74) is 17.9. The van der Waals surface area contributed by atoms with Crippen LogP contribution in [0.4, 0.5) is 0 Å². The number of carbonyl (C=O) groups excluding carboxylic acids is 3. The Morgan fingerprint density at radius 2 is 1.60 bits per heavy atom. The number of aliphatic imine (C=N–C) groups is 1. The lowest BCUT2D eigenvalue weighted by molar-refractivity contribution is -0.143. The van der Waals surface area contributed by atoms with Crippen molar-refractivity contribution in [1.82, 2.24) is 20.9 Å². The lowest BCUT2D eigenvalue weighted by Gasteiger charge is -2.24. The summed E-state index contributed by atoms with van der Waals surface area (Å²) < 4.78 is 0. The number of hydrogen-bond acceptors (Lipinski definition) is 8. The Kier molecular flexibility index (Phi) is 13.6. The van der Waals surface area contributed by atoms with Gasteiger partial charge in [-0.2, -0.15) is 11.8 Å². The molecule has 230 valence electrons. The average Bonchev–Trinajstić information content (AvgIpc) is 3.34. The van der Waals surface area contributed by atoms with Gasteiger partial charge in [-0.25, -0.2) is 4.79 Å². The van der Waals surface area contributed by atoms with Crippen LogP contribution in [0.5, 0.6) is 0 Å². The predicted molar refractivity (Wildman–Crippen MR) is 159 cm³/mol. The number of H-pyrrole nitrogens is 1. The van der Waals surface area contributed by atoms with E-state index in [0.29, 0.717) is 17.7 Å². The van der Waals surface area contributed by atoms with Crippen LogP contribution in [0.3, 0.4) is 0 Å². The zero-order chi connectivity index (χ0) is 31.2. The molecule has 0 saturated heterocycles. The Labute approximate surface area is 246 Å². The number of rotatable bonds is 18. The first-order chi connectivity index (χ1) is 19.9. The number of carboxylic acids is 2. The fourth-order valence-electron chi connectivity index (χ4n) is 4.08. The first-order valence-corrected chi connectivity index (χ1v) is 14.5. The third kappa shape index (κ3) is 10.9. The second-order valence-corrected chi connectivity index (χ2v) is 10.5. The Morgan fingerprint density at radius 3 is 2.24 bits per heavy atom. The number of thioether (sulfide) groups is 1. The number of nitrogens with two attached hydrogens (primary N) is 3. The summed E-state index contributed by atoms with van der Waals surface area (Å²) in [5, 5.41) is 27.1. The molecule has 4 atom stereocenters. The zero-order valence-electron chi connectivity index (χ0n) is 23.2. The van der Waals surface area contributed by atoms with Gasteiger partial charge in [-0.15, -0.1) is 0 Å². The Hall–Kier alpha value is -4.31. The van der Waals surface area contributed by atoms with Gasteiger partial charge < -0.3 is 48.3 Å². The van der Waals surface area contributed by atoms with Gasteiger partial charge in [0.05, 0.1) is 12.5 Å². The minimum atomic E-state index is -1.57. The topological polar surface area (TPSA) is 268 Å². The maximum absolute atomic E-state index is 13.3. The molecule has 1 aromatic carbocycles. The van der Waals surface area contributed by atoms with Crippen LogP contribution < -0.4 is 33.2 Å². The maximum atomic E-state index is 13.3. The molecule has 12 N–H and O–H groups in total. The molecule has 2 aromatic rings. The molecule has 3 amide bonds. The standard InChI is InChI=1S/C26H38N8O7S/c1-42-10-8-18(25(40)41)32-23(38)19(11-14-13-31-17-7-3-2-5-15(14)17)34-24(39)20(12-21(35)36)33-22(37)16(27)6-4-9-30-26(28)29/h2-3,5,7,13,16,18-20,31H,4,6,8-12,27H2,1H3,(H,32,38)(H,33,37)(H,34,39)(H,35,36)(H,40,41)(H4,28,29,30). The van der Waals surface area contributed by atoms with Gasteiger partial charge in [0, 0.05) is 30.1 Å². The van der Waals surface area contributed by atoms with Crippen LogP contribution in [-0.4, -0.2) is 93.5 Å². The number of fused-ring (bicyclic) bond motifs is 1. The van der Waals surface area contributed by atoms with Gasteiger partial charge in [0.25, 0.3) is 0 Å². The van der Waals surface area contributed by atoms with Crippen molar-refractivity contribution in [2.75, 3.05) is 18.6 Å². The Bertz CT molecular complexity index is 1280. The number of aliphatic carboxylic acids is 2. The number of hydrogen-bond donors (Lipinski definition) is 9. The summed E-state index contributed by atoms with van der Waals surface area (Å²) in [4.78, 5) is 69.4. The molecular formula is C26H38N8O7S. The van der Waals surface area contributed by atoms with E-state index in [9.17, 15) is 34.2 Å². The molecule has 16 heteroatoms. The van der Waals surface area contributed by atoms with Gasteiger partial charge in [-0.05, 0) is 42.9 Å². The quantitative estimate of drug-likeness (QED) is 0.0556. The molecule has 0 saturated carbocycles. The summed E-state index contributed by atoms with van der Waals surface area (Å²) in [7, 11) is 0. The summed E-state index contributed by atoms with van der Waals surface area (Å²) in [6.45, 7) is 0.223. The fraction of sp³-hybridized carbons (Fsp3) is 0.462. The monoisotopic (exact) mass is 606 g/mol. The van der Waals surface area contributed by atoms with E-state index < -0.39 is 60.2 Å². The van der Waals surface area contributed by atoms with E-state index in [1.165, 1.54) is 11.8 Å². The molecule has 0 aliphatic carbocycles. The van der Waals surface area contributed by atoms with Crippen LogP contribution in [0, 0.1) is 0 Å². The van der Waals surface area contributed by atoms with Crippen molar-refractivity contribution in [1.29, 1.82) is 0 Å². The Balaban J connectivity index is 2.25. The minimum Gasteiger partial charge on any atom is -0.481 e. The molecule has 0 aliphatic rings. The molecule has 15 nitrogen and oxygen atoms in total. The van der Waals surface area contributed by atoms with Crippen molar-refractivity contribution in [2.45, 2.75) is 56.3 Å². The van der Waals surface area contributed by atoms with E-state index in [-0.39, 0.29) is 31.8 Å². The van der Waals surface area contributed by atoms with Crippen molar-refractivity contribution >= 4 is 58.3 Å². The summed E-state index contributed by atoms with van der Waals surface area (Å²) in [6, 6.07) is 2.11. The van der Waals surface area contributed by atoms with Crippen molar-refractivity contribution < 1.29 is 34.2 Å². The third-order valence-electron chi connectivity index (χ3n) is 6.27. The smallest absolute Gasteiger partial charge is 0.326 e. The fourth-order valence-corrected chi connectivity index (χ4v) is 4.55. The highest BCUT2D eigenvalue weighted by molar-refractivity contribution is 7.98. The molecular weight excluding hydrogens is 568 g/mol. The number of carboxylic acid groups (broad SMARTS) is 2. The largest absolute Gasteiger partial charge is 0.481 e. The molecule has 0 bridgehead atoms. The molecule has 0 radical (unpaired) electrons. The second-order valence-electron chi connectivity index (χ2n) is 9.52. The normalized spacial score (nSPS) is 13.8. The van der Waals surface area contributed by atoms with Crippen molar-refractivity contribution in [3.8, 4) is 0 Å². The zero-order valence-corrected chi connectivity index (χ0v) is 24.0. The van der Waals surface area contributed by atoms with Crippen LogP contribution in [0.2, 0.25) is 0 Å².